The second-order valence-electron chi connectivity index (χ2n) is 11.6. The predicted octanol–water partition coefficient (Wildman–Crippen LogP) is -3.48. The first kappa shape index (κ1) is 70.2. The van der Waals surface area contributed by atoms with Crippen molar-refractivity contribution in [3.8, 4) is 6.07 Å². The first-order valence-corrected chi connectivity index (χ1v) is 19.8. The number of nitriles is 1. The maximum atomic E-state index is 11.2. The molecular formula is C41H57N12NaO18. The van der Waals surface area contributed by atoms with Gasteiger partial charge in [-0.05, 0) is 33.8 Å². The molecule has 13 N–H and O–H groups in total. The van der Waals surface area contributed by atoms with Gasteiger partial charge in [-0.3, -0.25) is 19.8 Å². The molecule has 0 unspecified atom stereocenters. The van der Waals surface area contributed by atoms with Crippen LogP contribution in [0.25, 0.3) is 22.1 Å². The number of rotatable bonds is 11. The van der Waals surface area contributed by atoms with Crippen molar-refractivity contribution in [1.29, 1.82) is 10.7 Å². The summed E-state index contributed by atoms with van der Waals surface area (Å²) >= 11 is 0. The number of carboxylic acid groups (broad SMARTS) is 1. The predicted molar refractivity (Wildman–Crippen MR) is 248 cm³/mol. The van der Waals surface area contributed by atoms with Crippen LogP contribution in [-0.4, -0.2) is 149 Å². The third-order valence-electron chi connectivity index (χ3n) is 7.01. The fraction of sp³-hybridized carbons (Fsp3) is 0.341. The molecule has 0 saturated carbocycles. The average Bonchev–Trinajstić information content (AvgIpc) is 4.13. The first-order chi connectivity index (χ1) is 33.8. The number of ether oxygens (including phenoxy) is 7. The van der Waals surface area contributed by atoms with E-state index < -0.39 is 47.8 Å². The molecule has 5 heterocycles. The van der Waals surface area contributed by atoms with Gasteiger partial charge in [-0.25, -0.2) is 38.7 Å². The SMILES string of the molecule is CC(=O)O.CCO/C=C(\C#N)C(=O)OCC.CCOC(=O)C(N)C(=O)OCC.COC(=O)c1c[nH]c(C(=O)OC)c1N.COC(=O)c1c[nH]c2c(=O)[nH]cnc12.C[O-].N=CN.O=c1[nH]cnc2cc[nH]c12.[Na+]. The van der Waals surface area contributed by atoms with Gasteiger partial charge in [0, 0.05) is 25.5 Å². The number of nitrogen functional groups attached to an aromatic ring is 1. The Kier molecular flexibility index (Phi) is 40.5. The van der Waals surface area contributed by atoms with Gasteiger partial charge >= 0.3 is 65.4 Å². The van der Waals surface area contributed by atoms with Gasteiger partial charge in [-0.15, -0.1) is 0 Å². The van der Waals surface area contributed by atoms with E-state index in [9.17, 15) is 38.4 Å². The van der Waals surface area contributed by atoms with Crippen LogP contribution in [-0.2, 0) is 52.3 Å². The molecule has 5 rings (SSSR count). The van der Waals surface area contributed by atoms with Crippen LogP contribution in [0, 0.1) is 16.7 Å². The van der Waals surface area contributed by atoms with Crippen LogP contribution in [0.15, 0.2) is 58.7 Å². The van der Waals surface area contributed by atoms with Crippen LogP contribution in [0.3, 0.4) is 0 Å². The minimum absolute atomic E-state index is 0. The number of anilines is 1. The Hall–Kier alpha value is -8.37. The Labute approximate surface area is 431 Å². The van der Waals surface area contributed by atoms with Gasteiger partial charge in [0.1, 0.15) is 45.7 Å². The Morgan fingerprint density at radius 2 is 1.24 bits per heavy atom. The van der Waals surface area contributed by atoms with Crippen LogP contribution < -0.4 is 63.0 Å². The molecule has 0 bridgehead atoms. The van der Waals surface area contributed by atoms with Crippen molar-refractivity contribution in [2.45, 2.75) is 40.7 Å². The van der Waals surface area contributed by atoms with E-state index in [0.717, 1.165) is 26.6 Å². The standard InChI is InChI=1S/C8H7N3O3.C8H10N2O4.C8H11NO3.C7H13NO4.C6H5N3O.C2H4O2.CH4N2.CH3O.Na/c1-14-8(13)4-2-9-6-5(4)10-3-11-7(6)12;1-13-7(11)4-3-10-6(5(4)9)8(12)14-2;1-3-11-6-7(5-9)8(10)12-4-2;1-3-11-6(9)5(8)7(10)12-4-2;10-6-5-4(1-2-7-5)8-3-9-6;1-2(3)4;2-1-3;1-2;/h2-3,9H,1H3,(H,10,11,12);3,10H,9H2,1-2H3;6H,3-4H2,1-2H3;5H,3-4,8H2,1-2H3;1-3,7H,(H,8,9,10);1H3,(H,3,4);1H,(H3,2,3);1H3;/q;;;;;;;-1;+1/b;;7-6+;;;;;;. The number of carbonyl (C=O) groups is 7. The molecule has 31 heteroatoms. The summed E-state index contributed by atoms with van der Waals surface area (Å²) in [6, 6.07) is 2.12. The fourth-order valence-electron chi connectivity index (χ4n) is 4.14. The van der Waals surface area contributed by atoms with Gasteiger partial charge in [-0.2, -0.15) is 12.4 Å². The summed E-state index contributed by atoms with van der Waals surface area (Å²) < 4.78 is 31.8. The minimum atomic E-state index is -1.31. The summed E-state index contributed by atoms with van der Waals surface area (Å²) in [5.74, 6) is -4.73. The number of carboxylic acids is 1. The van der Waals surface area contributed by atoms with Crippen LogP contribution in [0.1, 0.15) is 65.8 Å². The number of fused-ring (bicyclic) bond motifs is 2. The van der Waals surface area contributed by atoms with E-state index in [4.69, 9.17) is 41.9 Å². The molecule has 0 spiro atoms. The van der Waals surface area contributed by atoms with E-state index in [1.807, 2.05) is 0 Å². The Bertz CT molecular complexity index is 2570. The Morgan fingerprint density at radius 3 is 1.68 bits per heavy atom. The molecule has 390 valence electrons. The Balaban J connectivity index is -0.000000385. The molecule has 0 aliphatic rings. The van der Waals surface area contributed by atoms with Crippen LogP contribution in [0.2, 0.25) is 0 Å². The molecule has 0 aliphatic heterocycles. The monoisotopic (exact) mass is 1030 g/mol. The molecule has 5 aromatic rings. The summed E-state index contributed by atoms with van der Waals surface area (Å²) in [5, 5.41) is 30.0. The van der Waals surface area contributed by atoms with E-state index in [0.29, 0.717) is 23.2 Å². The van der Waals surface area contributed by atoms with Gasteiger partial charge in [0.25, 0.3) is 17.1 Å². The quantitative estimate of drug-likeness (QED) is 0.00707. The van der Waals surface area contributed by atoms with Crippen molar-refractivity contribution in [2.75, 3.05) is 60.6 Å². The van der Waals surface area contributed by atoms with E-state index in [1.165, 1.54) is 46.4 Å². The minimum Gasteiger partial charge on any atom is -0.857 e. The van der Waals surface area contributed by atoms with Crippen LogP contribution in [0.5, 0.6) is 0 Å². The van der Waals surface area contributed by atoms with Gasteiger partial charge in [-0.1, -0.05) is 0 Å². The molecule has 5 aromatic heterocycles. The molecule has 0 aromatic carbocycles. The third-order valence-corrected chi connectivity index (χ3v) is 7.01. The van der Waals surface area contributed by atoms with Crippen molar-refractivity contribution >= 4 is 75.9 Å². The number of nitrogens with zero attached hydrogens (tertiary/aromatic N) is 3. The van der Waals surface area contributed by atoms with Gasteiger partial charge in [0.2, 0.25) is 6.04 Å². The largest absolute Gasteiger partial charge is 1.00 e. The maximum absolute atomic E-state index is 11.2. The molecule has 0 saturated heterocycles. The summed E-state index contributed by atoms with van der Waals surface area (Å²) in [7, 11) is 4.47. The Morgan fingerprint density at radius 1 is 0.778 bits per heavy atom. The molecule has 0 fully saturated rings. The average molecular weight is 1030 g/mol. The second kappa shape index (κ2) is 41.6. The molecule has 0 aliphatic carbocycles. The van der Waals surface area contributed by atoms with E-state index in [-0.39, 0.29) is 94.1 Å². The van der Waals surface area contributed by atoms with Gasteiger partial charge < -0.3 is 85.5 Å². The number of aromatic amines is 5. The zero-order valence-corrected chi connectivity index (χ0v) is 43.0. The van der Waals surface area contributed by atoms with Gasteiger partial charge in [0.15, 0.2) is 5.57 Å². The number of aliphatic carboxylic acids is 1. The first-order valence-electron chi connectivity index (χ1n) is 19.8. The number of methoxy groups -OCH3 is 3. The summed E-state index contributed by atoms with van der Waals surface area (Å²) in [6.07, 6.45) is 8.88. The van der Waals surface area contributed by atoms with Gasteiger partial charge in [0.05, 0.1) is 78.0 Å². The number of carbonyl (C=O) groups excluding carboxylic acids is 6. The number of H-pyrrole nitrogens is 5. The molecule has 0 atom stereocenters. The van der Waals surface area contributed by atoms with Crippen LogP contribution >= 0.6 is 0 Å². The topological polar surface area (TPSA) is 492 Å². The zero-order valence-electron chi connectivity index (χ0n) is 41.0. The smallest absolute Gasteiger partial charge is 0.857 e. The number of aromatic nitrogens is 7. The van der Waals surface area contributed by atoms with E-state index in [2.05, 4.69) is 69.0 Å². The van der Waals surface area contributed by atoms with Crippen molar-refractivity contribution in [1.82, 2.24) is 34.9 Å². The molecule has 72 heavy (non-hydrogen) atoms. The third kappa shape index (κ3) is 26.4. The zero-order chi connectivity index (χ0) is 55.1. The molecule has 0 radical (unpaired) electrons. The van der Waals surface area contributed by atoms with Crippen molar-refractivity contribution in [3.63, 3.8) is 0 Å². The number of nitrogens with two attached hydrogens (primary N) is 3. The summed E-state index contributed by atoms with van der Waals surface area (Å²) in [6.45, 7) is 8.86. The number of esters is 6. The van der Waals surface area contributed by atoms with Crippen molar-refractivity contribution in [2.24, 2.45) is 11.5 Å². The number of hydrogen-bond donors (Lipinski definition) is 10. The van der Waals surface area contributed by atoms with Crippen molar-refractivity contribution < 1.29 is 106 Å². The maximum Gasteiger partial charge on any atom is 1.00 e. The van der Waals surface area contributed by atoms with Crippen molar-refractivity contribution in [3.05, 3.63) is 86.7 Å². The molecule has 30 nitrogen and oxygen atoms in total. The number of hydrogen-bond acceptors (Lipinski definition) is 23. The van der Waals surface area contributed by atoms with Crippen LogP contribution in [0.4, 0.5) is 5.69 Å². The normalized spacial score (nSPS) is 9.24. The van der Waals surface area contributed by atoms with E-state index >= 15 is 0 Å². The number of nitrogens with one attached hydrogen (secondary N) is 6. The molecule has 0 amide bonds. The summed E-state index contributed by atoms with van der Waals surface area (Å²) in [5.41, 5.74) is 16.8. The summed E-state index contributed by atoms with van der Waals surface area (Å²) in [4.78, 5) is 118. The fourth-order valence-corrected chi connectivity index (χ4v) is 4.14. The van der Waals surface area contributed by atoms with E-state index in [1.54, 1.807) is 46.0 Å². The molecular weight excluding hydrogens is 972 g/mol. The second-order valence-corrected chi connectivity index (χ2v) is 11.6.